The Labute approximate surface area is 144 Å². The summed E-state index contributed by atoms with van der Waals surface area (Å²) in [4.78, 5) is 21.4. The third kappa shape index (κ3) is 2.54. The summed E-state index contributed by atoms with van der Waals surface area (Å²) in [5.74, 6) is 1.17. The van der Waals surface area contributed by atoms with Crippen LogP contribution in [0, 0.1) is 11.8 Å². The van der Waals surface area contributed by atoms with Crippen LogP contribution < -0.4 is 0 Å². The molecule has 4 rings (SSSR count). The molecule has 0 radical (unpaired) electrons. The molecule has 4 heterocycles. The van der Waals surface area contributed by atoms with E-state index in [1.165, 1.54) is 5.56 Å². The summed E-state index contributed by atoms with van der Waals surface area (Å²) < 4.78 is 6.36. The Bertz CT molecular complexity index is 606. The average molecular weight is 329 g/mol. The molecule has 3 atom stereocenters. The zero-order chi connectivity index (χ0) is 16.7. The Morgan fingerprint density at radius 1 is 1.38 bits per heavy atom. The number of aromatic nitrogens is 1. The molecule has 130 valence electrons. The number of pyridine rings is 1. The largest absolute Gasteiger partial charge is 0.353 e. The highest BCUT2D eigenvalue weighted by molar-refractivity contribution is 5.78. The molecular weight excluding hydrogens is 302 g/mol. The number of hydrogen-bond donors (Lipinski definition) is 0. The van der Waals surface area contributed by atoms with E-state index in [-0.39, 0.29) is 11.8 Å². The van der Waals surface area contributed by atoms with Gasteiger partial charge in [0.25, 0.3) is 0 Å². The second-order valence-corrected chi connectivity index (χ2v) is 7.81. The minimum Gasteiger partial charge on any atom is -0.353 e. The first-order valence-electron chi connectivity index (χ1n) is 9.17. The van der Waals surface area contributed by atoms with Gasteiger partial charge in [-0.15, -0.1) is 0 Å². The van der Waals surface area contributed by atoms with Gasteiger partial charge in [-0.3, -0.25) is 14.7 Å². The number of nitrogens with zero attached hydrogens (tertiary/aromatic N) is 3. The second kappa shape index (κ2) is 6.12. The van der Waals surface area contributed by atoms with Crippen molar-refractivity contribution in [3.8, 4) is 0 Å². The highest BCUT2D eigenvalue weighted by atomic mass is 16.5. The van der Waals surface area contributed by atoms with Crippen molar-refractivity contribution < 1.29 is 9.53 Å². The van der Waals surface area contributed by atoms with Crippen molar-refractivity contribution in [2.75, 3.05) is 19.7 Å². The van der Waals surface area contributed by atoms with Crippen LogP contribution in [-0.4, -0.2) is 52.2 Å². The van der Waals surface area contributed by atoms with E-state index >= 15 is 0 Å². The van der Waals surface area contributed by atoms with Crippen LogP contribution in [0.15, 0.2) is 24.5 Å². The predicted octanol–water partition coefficient (Wildman–Crippen LogP) is 2.28. The molecular formula is C19H27N3O2. The molecule has 5 heteroatoms. The van der Waals surface area contributed by atoms with E-state index in [1.807, 2.05) is 12.4 Å². The first-order chi connectivity index (χ1) is 11.6. The third-order valence-corrected chi connectivity index (χ3v) is 6.05. The van der Waals surface area contributed by atoms with E-state index in [0.717, 1.165) is 32.5 Å². The first kappa shape index (κ1) is 16.0. The van der Waals surface area contributed by atoms with E-state index < -0.39 is 0 Å². The normalized spacial score (nSPS) is 33.6. The molecule has 1 aromatic rings. The Hall–Kier alpha value is -1.46. The highest BCUT2D eigenvalue weighted by Gasteiger charge is 2.58. The smallest absolute Gasteiger partial charge is 0.225 e. The monoisotopic (exact) mass is 329 g/mol. The predicted molar refractivity (Wildman–Crippen MR) is 91.0 cm³/mol. The molecule has 24 heavy (non-hydrogen) atoms. The summed E-state index contributed by atoms with van der Waals surface area (Å²) in [5.41, 5.74) is 0.969. The molecule has 3 aliphatic rings. The number of carbonyl (C=O) groups is 1. The highest BCUT2D eigenvalue weighted by Crippen LogP contribution is 2.47. The molecule has 3 aliphatic heterocycles. The summed E-state index contributed by atoms with van der Waals surface area (Å²) in [6, 6.07) is 4.41. The molecule has 1 spiro atoms. The lowest BCUT2D eigenvalue weighted by atomic mass is 9.79. The summed E-state index contributed by atoms with van der Waals surface area (Å²) in [7, 11) is 0. The number of carbonyl (C=O) groups excluding carboxylic acids is 1. The minimum atomic E-state index is -0.334. The van der Waals surface area contributed by atoms with Crippen LogP contribution in [0.5, 0.6) is 0 Å². The lowest BCUT2D eigenvalue weighted by Crippen LogP contribution is -2.65. The maximum atomic E-state index is 12.6. The summed E-state index contributed by atoms with van der Waals surface area (Å²) in [6.45, 7) is 8.04. The van der Waals surface area contributed by atoms with Crippen LogP contribution in [0.1, 0.15) is 38.7 Å². The van der Waals surface area contributed by atoms with Crippen molar-refractivity contribution in [3.63, 3.8) is 0 Å². The lowest BCUT2D eigenvalue weighted by molar-refractivity contribution is -0.193. The van der Waals surface area contributed by atoms with Gasteiger partial charge in [-0.1, -0.05) is 13.8 Å². The second-order valence-electron chi connectivity index (χ2n) is 7.81. The minimum absolute atomic E-state index is 0.243. The quantitative estimate of drug-likeness (QED) is 0.853. The summed E-state index contributed by atoms with van der Waals surface area (Å²) in [5, 5.41) is 0. The summed E-state index contributed by atoms with van der Waals surface area (Å²) in [6.07, 6.45) is 6.26. The fourth-order valence-corrected chi connectivity index (χ4v) is 4.74. The van der Waals surface area contributed by atoms with Gasteiger partial charge in [-0.2, -0.15) is 0 Å². The fraction of sp³-hybridized carbons (Fsp3) is 0.684. The van der Waals surface area contributed by atoms with Gasteiger partial charge < -0.3 is 9.64 Å². The molecule has 3 fully saturated rings. The molecule has 0 N–H and O–H groups in total. The molecule has 0 bridgehead atoms. The van der Waals surface area contributed by atoms with E-state index in [4.69, 9.17) is 4.74 Å². The Kier molecular flexibility index (Phi) is 4.09. The zero-order valence-electron chi connectivity index (χ0n) is 14.6. The van der Waals surface area contributed by atoms with Gasteiger partial charge in [0.05, 0.1) is 12.6 Å². The molecule has 1 aromatic heterocycles. The van der Waals surface area contributed by atoms with E-state index in [9.17, 15) is 4.79 Å². The van der Waals surface area contributed by atoms with Gasteiger partial charge in [-0.05, 0) is 30.0 Å². The molecule has 0 unspecified atom stereocenters. The Morgan fingerprint density at radius 2 is 2.17 bits per heavy atom. The van der Waals surface area contributed by atoms with Crippen LogP contribution in [0.2, 0.25) is 0 Å². The van der Waals surface area contributed by atoms with Gasteiger partial charge in [0.15, 0.2) is 0 Å². The maximum absolute atomic E-state index is 12.6. The number of ether oxygens (including phenoxy) is 1. The standard InChI is InChI=1S/C19H27N3O2/c1-14(2)17-13-24-19-7-10-21(11-15-5-8-20-9-6-15)12-16(19)3-4-18(23)22(17)19/h5-6,8-9,14,16-17H,3-4,7,10-13H2,1-2H3/t16-,17-,19-/m1/s1. The van der Waals surface area contributed by atoms with Crippen LogP contribution in [0.4, 0.5) is 0 Å². The average Bonchev–Trinajstić information content (AvgIpc) is 2.98. The zero-order valence-corrected chi connectivity index (χ0v) is 14.6. The number of likely N-dealkylation sites (tertiary alicyclic amines) is 1. The molecule has 1 amide bonds. The van der Waals surface area contributed by atoms with Gasteiger partial charge in [0, 0.05) is 50.8 Å². The van der Waals surface area contributed by atoms with Gasteiger partial charge >= 0.3 is 0 Å². The van der Waals surface area contributed by atoms with Gasteiger partial charge in [0.2, 0.25) is 5.91 Å². The van der Waals surface area contributed by atoms with Crippen LogP contribution in [0.25, 0.3) is 0 Å². The topological polar surface area (TPSA) is 45.7 Å². The number of amides is 1. The van der Waals surface area contributed by atoms with E-state index in [1.54, 1.807) is 0 Å². The molecule has 0 aromatic carbocycles. The fourth-order valence-electron chi connectivity index (χ4n) is 4.74. The van der Waals surface area contributed by atoms with Crippen LogP contribution in [0.3, 0.4) is 0 Å². The Balaban J connectivity index is 1.52. The van der Waals surface area contributed by atoms with Gasteiger partial charge in [-0.25, -0.2) is 0 Å². The third-order valence-electron chi connectivity index (χ3n) is 6.05. The van der Waals surface area contributed by atoms with E-state index in [0.29, 0.717) is 30.8 Å². The molecule has 0 aliphatic carbocycles. The van der Waals surface area contributed by atoms with Crippen molar-refractivity contribution in [1.29, 1.82) is 0 Å². The first-order valence-corrected chi connectivity index (χ1v) is 9.17. The molecule has 5 nitrogen and oxygen atoms in total. The number of piperidine rings is 2. The maximum Gasteiger partial charge on any atom is 0.225 e. The van der Waals surface area contributed by atoms with Gasteiger partial charge in [0.1, 0.15) is 5.72 Å². The SMILES string of the molecule is CC(C)[C@H]1CO[C@]23CCN(Cc4ccncc4)C[C@H]2CCC(=O)N13. The van der Waals surface area contributed by atoms with Crippen molar-refractivity contribution >= 4 is 5.91 Å². The van der Waals surface area contributed by atoms with Crippen molar-refractivity contribution in [1.82, 2.24) is 14.8 Å². The van der Waals surface area contributed by atoms with Crippen molar-refractivity contribution in [3.05, 3.63) is 30.1 Å². The molecule has 0 saturated carbocycles. The van der Waals surface area contributed by atoms with Crippen molar-refractivity contribution in [2.45, 2.75) is 51.4 Å². The lowest BCUT2D eigenvalue weighted by Gasteiger charge is -2.53. The Morgan fingerprint density at radius 3 is 2.92 bits per heavy atom. The summed E-state index contributed by atoms with van der Waals surface area (Å²) >= 11 is 0. The van der Waals surface area contributed by atoms with Crippen LogP contribution in [-0.2, 0) is 16.1 Å². The van der Waals surface area contributed by atoms with Crippen LogP contribution >= 0.6 is 0 Å². The number of rotatable bonds is 3. The van der Waals surface area contributed by atoms with E-state index in [2.05, 4.69) is 40.8 Å². The molecule has 3 saturated heterocycles. The number of hydrogen-bond acceptors (Lipinski definition) is 4. The van der Waals surface area contributed by atoms with Crippen molar-refractivity contribution in [2.24, 2.45) is 11.8 Å².